The number of nitrogens with one attached hydrogen (secondary N) is 1. The fourth-order valence-electron chi connectivity index (χ4n) is 4.38. The number of benzene rings is 1. The molecule has 0 aromatic heterocycles. The third kappa shape index (κ3) is 3.42. The van der Waals surface area contributed by atoms with Crippen LogP contribution in [0.3, 0.4) is 0 Å². The Balaban J connectivity index is 1.59. The molecule has 8 heteroatoms. The minimum Gasteiger partial charge on any atom is -0.497 e. The lowest BCUT2D eigenvalue weighted by molar-refractivity contribution is 0.192. The SMILES string of the molecule is COc1ccc([C@H](CN2C(=S)N[C@@H]3CS(=O)(=O)C[C@H]32)N2CCCC2)cc1. The summed E-state index contributed by atoms with van der Waals surface area (Å²) in [6, 6.07) is 8.28. The van der Waals surface area contributed by atoms with Crippen molar-refractivity contribution < 1.29 is 13.2 Å². The molecule has 0 bridgehead atoms. The molecule has 1 N–H and O–H groups in total. The van der Waals surface area contributed by atoms with E-state index in [0.29, 0.717) is 5.11 Å². The van der Waals surface area contributed by atoms with Gasteiger partial charge in [-0.05, 0) is 55.8 Å². The number of methoxy groups -OCH3 is 1. The molecule has 1 aromatic carbocycles. The molecule has 0 unspecified atom stereocenters. The number of rotatable bonds is 5. The zero-order chi connectivity index (χ0) is 18.3. The van der Waals surface area contributed by atoms with Crippen LogP contribution in [0.5, 0.6) is 5.75 Å². The second-order valence-corrected chi connectivity index (χ2v) is 9.93. The Kier molecular flexibility index (Phi) is 4.83. The summed E-state index contributed by atoms with van der Waals surface area (Å²) in [6.07, 6.45) is 2.41. The smallest absolute Gasteiger partial charge is 0.169 e. The fourth-order valence-corrected chi connectivity index (χ4v) is 6.66. The lowest BCUT2D eigenvalue weighted by Crippen LogP contribution is -2.43. The number of hydrogen-bond donors (Lipinski definition) is 1. The highest BCUT2D eigenvalue weighted by Gasteiger charge is 2.47. The van der Waals surface area contributed by atoms with Crippen molar-refractivity contribution in [1.29, 1.82) is 0 Å². The van der Waals surface area contributed by atoms with Gasteiger partial charge in [0.25, 0.3) is 0 Å². The van der Waals surface area contributed by atoms with E-state index < -0.39 is 9.84 Å². The Hall–Kier alpha value is -1.38. The fraction of sp³-hybridized carbons (Fsp3) is 0.611. The quantitative estimate of drug-likeness (QED) is 0.752. The number of sulfone groups is 1. The van der Waals surface area contributed by atoms with Crippen LogP contribution in [0.15, 0.2) is 24.3 Å². The average molecular weight is 396 g/mol. The lowest BCUT2D eigenvalue weighted by Gasteiger charge is -2.34. The van der Waals surface area contributed by atoms with Crippen molar-refractivity contribution in [1.82, 2.24) is 15.1 Å². The Morgan fingerprint density at radius 1 is 1.23 bits per heavy atom. The second kappa shape index (κ2) is 6.98. The summed E-state index contributed by atoms with van der Waals surface area (Å²) in [5, 5.41) is 3.91. The van der Waals surface area contributed by atoms with E-state index in [0.717, 1.165) is 25.4 Å². The molecular weight excluding hydrogens is 370 g/mol. The van der Waals surface area contributed by atoms with Crippen LogP contribution in [0.1, 0.15) is 24.4 Å². The number of likely N-dealkylation sites (tertiary alicyclic amines) is 1. The Morgan fingerprint density at radius 3 is 2.58 bits per heavy atom. The molecule has 3 atom stereocenters. The summed E-state index contributed by atoms with van der Waals surface area (Å²) in [5.74, 6) is 1.22. The van der Waals surface area contributed by atoms with Gasteiger partial charge in [-0.1, -0.05) is 12.1 Å². The van der Waals surface area contributed by atoms with Gasteiger partial charge in [0.2, 0.25) is 0 Å². The highest BCUT2D eigenvalue weighted by atomic mass is 32.2. The van der Waals surface area contributed by atoms with Gasteiger partial charge in [0.15, 0.2) is 14.9 Å². The average Bonchev–Trinajstić information content (AvgIpc) is 3.29. The molecule has 1 aromatic rings. The molecule has 0 aliphatic carbocycles. The zero-order valence-electron chi connectivity index (χ0n) is 14.9. The summed E-state index contributed by atoms with van der Waals surface area (Å²) < 4.78 is 29.4. The first-order chi connectivity index (χ1) is 12.5. The molecule has 0 spiro atoms. The second-order valence-electron chi connectivity index (χ2n) is 7.38. The van der Waals surface area contributed by atoms with Crippen LogP contribution >= 0.6 is 12.2 Å². The molecule has 3 saturated heterocycles. The lowest BCUT2D eigenvalue weighted by atomic mass is 10.0. The number of ether oxygens (including phenoxy) is 1. The molecule has 0 radical (unpaired) electrons. The van der Waals surface area contributed by atoms with Gasteiger partial charge in [0, 0.05) is 6.54 Å². The Labute approximate surface area is 160 Å². The monoisotopic (exact) mass is 395 g/mol. The van der Waals surface area contributed by atoms with Crippen LogP contribution in [0.2, 0.25) is 0 Å². The van der Waals surface area contributed by atoms with Crippen molar-refractivity contribution in [2.24, 2.45) is 0 Å². The maximum atomic E-state index is 12.0. The zero-order valence-corrected chi connectivity index (χ0v) is 16.6. The molecule has 0 saturated carbocycles. The highest BCUT2D eigenvalue weighted by molar-refractivity contribution is 7.91. The summed E-state index contributed by atoms with van der Waals surface area (Å²) in [5.41, 5.74) is 1.22. The van der Waals surface area contributed by atoms with E-state index in [4.69, 9.17) is 17.0 Å². The molecule has 4 rings (SSSR count). The van der Waals surface area contributed by atoms with Crippen LogP contribution in [0.25, 0.3) is 0 Å². The van der Waals surface area contributed by atoms with E-state index in [-0.39, 0.29) is 29.6 Å². The first-order valence-corrected chi connectivity index (χ1v) is 11.4. The minimum atomic E-state index is -2.98. The molecule has 3 aliphatic rings. The van der Waals surface area contributed by atoms with Gasteiger partial charge in [-0.15, -0.1) is 0 Å². The molecule has 3 aliphatic heterocycles. The predicted molar refractivity (Wildman–Crippen MR) is 105 cm³/mol. The summed E-state index contributed by atoms with van der Waals surface area (Å²) in [6.45, 7) is 2.85. The van der Waals surface area contributed by atoms with Crippen molar-refractivity contribution in [3.05, 3.63) is 29.8 Å². The summed E-state index contributed by atoms with van der Waals surface area (Å²) in [7, 11) is -1.32. The van der Waals surface area contributed by atoms with Crippen molar-refractivity contribution >= 4 is 27.2 Å². The van der Waals surface area contributed by atoms with Crippen LogP contribution in [-0.2, 0) is 9.84 Å². The van der Waals surface area contributed by atoms with E-state index in [1.165, 1.54) is 18.4 Å². The number of nitrogens with zero attached hydrogens (tertiary/aromatic N) is 2. The van der Waals surface area contributed by atoms with E-state index in [2.05, 4.69) is 27.2 Å². The van der Waals surface area contributed by atoms with Gasteiger partial charge >= 0.3 is 0 Å². The Bertz CT molecular complexity index is 775. The van der Waals surface area contributed by atoms with E-state index in [1.54, 1.807) is 7.11 Å². The van der Waals surface area contributed by atoms with Gasteiger partial charge in [-0.3, -0.25) is 4.90 Å². The predicted octanol–water partition coefficient (Wildman–Crippen LogP) is 1.19. The number of fused-ring (bicyclic) bond motifs is 1. The van der Waals surface area contributed by atoms with Crippen LogP contribution < -0.4 is 10.1 Å². The Morgan fingerprint density at radius 2 is 1.92 bits per heavy atom. The first-order valence-electron chi connectivity index (χ1n) is 9.12. The number of thiocarbonyl (C=S) groups is 1. The summed E-state index contributed by atoms with van der Waals surface area (Å²) >= 11 is 5.53. The highest BCUT2D eigenvalue weighted by Crippen LogP contribution is 2.31. The molecule has 0 amide bonds. The van der Waals surface area contributed by atoms with Crippen molar-refractivity contribution in [2.75, 3.05) is 38.2 Å². The van der Waals surface area contributed by atoms with Gasteiger partial charge in [-0.25, -0.2) is 8.42 Å². The number of hydrogen-bond acceptors (Lipinski definition) is 5. The molecule has 3 fully saturated rings. The molecule has 142 valence electrons. The van der Waals surface area contributed by atoms with Crippen LogP contribution in [0, 0.1) is 0 Å². The van der Waals surface area contributed by atoms with Crippen LogP contribution in [0.4, 0.5) is 0 Å². The summed E-state index contributed by atoms with van der Waals surface area (Å²) in [4.78, 5) is 4.60. The van der Waals surface area contributed by atoms with Crippen molar-refractivity contribution in [2.45, 2.75) is 31.0 Å². The third-order valence-corrected chi connectivity index (χ3v) is 7.81. The normalized spacial score (nSPS) is 28.8. The van der Waals surface area contributed by atoms with E-state index in [9.17, 15) is 8.42 Å². The standard InChI is InChI=1S/C18H25N3O3S2/c1-24-14-6-4-13(5-7-14)16(20-8-2-3-9-20)10-21-17-12-26(22,23)11-15(17)19-18(21)25/h4-7,15-17H,2-3,8-12H2,1H3,(H,19,25)/t15-,16+,17-/m1/s1. The van der Waals surface area contributed by atoms with E-state index >= 15 is 0 Å². The topological polar surface area (TPSA) is 61.9 Å². The van der Waals surface area contributed by atoms with Gasteiger partial charge in [0.1, 0.15) is 5.75 Å². The van der Waals surface area contributed by atoms with Crippen molar-refractivity contribution in [3.63, 3.8) is 0 Å². The van der Waals surface area contributed by atoms with Gasteiger partial charge < -0.3 is 15.0 Å². The molecule has 3 heterocycles. The first kappa shape index (κ1) is 18.0. The van der Waals surface area contributed by atoms with Crippen LogP contribution in [-0.4, -0.2) is 73.7 Å². The molecule has 26 heavy (non-hydrogen) atoms. The van der Waals surface area contributed by atoms with Crippen molar-refractivity contribution in [3.8, 4) is 5.75 Å². The largest absolute Gasteiger partial charge is 0.497 e. The minimum absolute atomic E-state index is 0.0455. The van der Waals surface area contributed by atoms with Gasteiger partial charge in [-0.2, -0.15) is 0 Å². The van der Waals surface area contributed by atoms with Gasteiger partial charge in [0.05, 0.1) is 36.7 Å². The maximum Gasteiger partial charge on any atom is 0.169 e. The molecular formula is C18H25N3O3S2. The van der Waals surface area contributed by atoms with E-state index in [1.807, 2.05) is 12.1 Å². The molecule has 6 nitrogen and oxygen atoms in total. The maximum absolute atomic E-state index is 12.0. The third-order valence-electron chi connectivity index (χ3n) is 5.74.